The molecule has 4 heteroatoms. The zero-order valence-electron chi connectivity index (χ0n) is 9.08. The smallest absolute Gasteiger partial charge is 0.253 e. The molecule has 0 unspecified atom stereocenters. The fourth-order valence-corrected chi connectivity index (χ4v) is 2.07. The first kappa shape index (κ1) is 11.3. The molecule has 16 heavy (non-hydrogen) atoms. The van der Waals surface area contributed by atoms with Crippen molar-refractivity contribution in [2.45, 2.75) is 19.3 Å². The summed E-state index contributed by atoms with van der Waals surface area (Å²) in [6, 6.07) is 5.06. The van der Waals surface area contributed by atoms with Crippen molar-refractivity contribution in [2.24, 2.45) is 0 Å². The maximum Gasteiger partial charge on any atom is 0.253 e. The van der Waals surface area contributed by atoms with E-state index in [0.717, 1.165) is 25.9 Å². The van der Waals surface area contributed by atoms with E-state index in [0.29, 0.717) is 16.3 Å². The summed E-state index contributed by atoms with van der Waals surface area (Å²) < 4.78 is 0. The van der Waals surface area contributed by atoms with Crippen molar-refractivity contribution in [2.75, 3.05) is 18.8 Å². The predicted molar refractivity (Wildman–Crippen MR) is 65.6 cm³/mol. The first-order valence-electron chi connectivity index (χ1n) is 5.53. The van der Waals surface area contributed by atoms with Crippen LogP contribution >= 0.6 is 11.6 Å². The number of likely N-dealkylation sites (tertiary alicyclic amines) is 1. The van der Waals surface area contributed by atoms with Crippen molar-refractivity contribution in [3.8, 4) is 0 Å². The highest BCUT2D eigenvalue weighted by Crippen LogP contribution is 2.21. The number of carbonyl (C=O) groups excluding carboxylic acids is 1. The Labute approximate surface area is 100 Å². The Balaban J connectivity index is 2.16. The van der Waals surface area contributed by atoms with Crippen LogP contribution in [0.3, 0.4) is 0 Å². The minimum Gasteiger partial charge on any atom is -0.398 e. The molecule has 0 radical (unpaired) electrons. The van der Waals surface area contributed by atoms with Gasteiger partial charge in [-0.2, -0.15) is 0 Å². The summed E-state index contributed by atoms with van der Waals surface area (Å²) in [5.41, 5.74) is 6.78. The van der Waals surface area contributed by atoms with Gasteiger partial charge >= 0.3 is 0 Å². The fourth-order valence-electron chi connectivity index (χ4n) is 1.96. The van der Waals surface area contributed by atoms with E-state index in [4.69, 9.17) is 17.3 Å². The second-order valence-corrected chi connectivity index (χ2v) is 4.50. The molecular weight excluding hydrogens is 224 g/mol. The van der Waals surface area contributed by atoms with Crippen LogP contribution in [0.2, 0.25) is 5.02 Å². The van der Waals surface area contributed by atoms with Crippen LogP contribution in [0.1, 0.15) is 29.6 Å². The Bertz CT molecular complexity index is 400. The number of halogens is 1. The molecule has 1 saturated heterocycles. The molecule has 1 aromatic rings. The van der Waals surface area contributed by atoms with Gasteiger partial charge in [0.2, 0.25) is 0 Å². The van der Waals surface area contributed by atoms with Crippen LogP contribution in [0.5, 0.6) is 0 Å². The van der Waals surface area contributed by atoms with Crippen LogP contribution in [0.25, 0.3) is 0 Å². The number of carbonyl (C=O) groups is 1. The van der Waals surface area contributed by atoms with Gasteiger partial charge in [0.1, 0.15) is 0 Å². The number of nitrogens with zero attached hydrogens (tertiary/aromatic N) is 1. The zero-order valence-corrected chi connectivity index (χ0v) is 9.83. The van der Waals surface area contributed by atoms with E-state index >= 15 is 0 Å². The summed E-state index contributed by atoms with van der Waals surface area (Å²) in [7, 11) is 0. The number of amides is 1. The van der Waals surface area contributed by atoms with E-state index in [1.807, 2.05) is 4.90 Å². The van der Waals surface area contributed by atoms with Crippen LogP contribution in [0.15, 0.2) is 18.2 Å². The topological polar surface area (TPSA) is 46.3 Å². The minimum atomic E-state index is 0.0584. The largest absolute Gasteiger partial charge is 0.398 e. The third-order valence-electron chi connectivity index (χ3n) is 2.89. The number of hydrogen-bond donors (Lipinski definition) is 1. The first-order chi connectivity index (χ1) is 7.68. The van der Waals surface area contributed by atoms with E-state index < -0.39 is 0 Å². The van der Waals surface area contributed by atoms with Gasteiger partial charge in [-0.15, -0.1) is 0 Å². The Morgan fingerprint density at radius 2 is 1.94 bits per heavy atom. The van der Waals surface area contributed by atoms with Crippen molar-refractivity contribution in [1.29, 1.82) is 0 Å². The number of benzene rings is 1. The van der Waals surface area contributed by atoms with Crippen molar-refractivity contribution in [3.05, 3.63) is 28.8 Å². The molecule has 1 amide bonds. The Morgan fingerprint density at radius 3 is 2.56 bits per heavy atom. The third kappa shape index (κ3) is 2.30. The Morgan fingerprint density at radius 1 is 1.25 bits per heavy atom. The van der Waals surface area contributed by atoms with Crippen LogP contribution < -0.4 is 5.73 Å². The number of hydrogen-bond acceptors (Lipinski definition) is 2. The highest BCUT2D eigenvalue weighted by Gasteiger charge is 2.18. The van der Waals surface area contributed by atoms with Crippen molar-refractivity contribution < 1.29 is 4.79 Å². The third-order valence-corrected chi connectivity index (χ3v) is 3.23. The average Bonchev–Trinajstić information content (AvgIpc) is 2.33. The normalized spacial score (nSPS) is 16.2. The summed E-state index contributed by atoms with van der Waals surface area (Å²) in [5, 5.41) is 0.496. The van der Waals surface area contributed by atoms with Gasteiger partial charge in [0.05, 0.1) is 10.7 Å². The van der Waals surface area contributed by atoms with Gasteiger partial charge in [0.15, 0.2) is 0 Å². The van der Waals surface area contributed by atoms with Gasteiger partial charge in [0.25, 0.3) is 5.91 Å². The first-order valence-corrected chi connectivity index (χ1v) is 5.90. The lowest BCUT2D eigenvalue weighted by atomic mass is 10.1. The molecule has 0 spiro atoms. The minimum absolute atomic E-state index is 0.0584. The van der Waals surface area contributed by atoms with E-state index in [9.17, 15) is 4.79 Å². The van der Waals surface area contributed by atoms with Gasteiger partial charge in [-0.05, 0) is 37.5 Å². The summed E-state index contributed by atoms with van der Waals surface area (Å²) >= 11 is 5.82. The molecule has 3 nitrogen and oxygen atoms in total. The van der Waals surface area contributed by atoms with Crippen LogP contribution in [0, 0.1) is 0 Å². The predicted octanol–water partition coefficient (Wildman–Crippen LogP) is 2.55. The lowest BCUT2D eigenvalue weighted by molar-refractivity contribution is 0.0724. The zero-order chi connectivity index (χ0) is 11.5. The fraction of sp³-hybridized carbons (Fsp3) is 0.417. The lowest BCUT2D eigenvalue weighted by Gasteiger charge is -2.26. The van der Waals surface area contributed by atoms with Crippen molar-refractivity contribution in [3.63, 3.8) is 0 Å². The highest BCUT2D eigenvalue weighted by atomic mass is 35.5. The molecule has 86 valence electrons. The maximum absolute atomic E-state index is 12.1. The van der Waals surface area contributed by atoms with Crippen molar-refractivity contribution >= 4 is 23.2 Å². The molecule has 1 fully saturated rings. The van der Waals surface area contributed by atoms with Crippen LogP contribution in [0.4, 0.5) is 5.69 Å². The molecule has 1 aliphatic heterocycles. The van der Waals surface area contributed by atoms with Crippen LogP contribution in [-0.4, -0.2) is 23.9 Å². The maximum atomic E-state index is 12.1. The lowest BCUT2D eigenvalue weighted by Crippen LogP contribution is -2.35. The molecule has 1 heterocycles. The second-order valence-electron chi connectivity index (χ2n) is 4.09. The molecule has 0 saturated carbocycles. The molecule has 1 aromatic carbocycles. The van der Waals surface area contributed by atoms with Gasteiger partial charge in [0, 0.05) is 18.7 Å². The van der Waals surface area contributed by atoms with E-state index in [1.165, 1.54) is 6.42 Å². The number of nitrogen functional groups attached to an aromatic ring is 1. The molecule has 0 atom stereocenters. The number of piperidine rings is 1. The van der Waals surface area contributed by atoms with Gasteiger partial charge in [-0.25, -0.2) is 0 Å². The monoisotopic (exact) mass is 238 g/mol. The number of nitrogens with two attached hydrogens (primary N) is 1. The molecule has 0 bridgehead atoms. The molecule has 0 aromatic heterocycles. The standard InChI is InChI=1S/C12H15ClN2O/c13-10-5-4-9(8-11(10)14)12(16)15-6-2-1-3-7-15/h4-5,8H,1-3,6-7,14H2. The van der Waals surface area contributed by atoms with Gasteiger partial charge in [-0.3, -0.25) is 4.79 Å². The summed E-state index contributed by atoms with van der Waals surface area (Å²) in [5.74, 6) is 0.0584. The molecule has 1 aliphatic rings. The van der Waals surface area contributed by atoms with Crippen molar-refractivity contribution in [1.82, 2.24) is 4.90 Å². The Kier molecular flexibility index (Phi) is 3.34. The number of anilines is 1. The second kappa shape index (κ2) is 4.74. The van der Waals surface area contributed by atoms with E-state index in [-0.39, 0.29) is 5.91 Å². The SMILES string of the molecule is Nc1cc(C(=O)N2CCCCC2)ccc1Cl. The van der Waals surface area contributed by atoms with Crippen LogP contribution in [-0.2, 0) is 0 Å². The van der Waals surface area contributed by atoms with E-state index in [1.54, 1.807) is 18.2 Å². The summed E-state index contributed by atoms with van der Waals surface area (Å²) in [4.78, 5) is 14.0. The quantitative estimate of drug-likeness (QED) is 0.765. The number of rotatable bonds is 1. The van der Waals surface area contributed by atoms with Gasteiger partial charge in [-0.1, -0.05) is 11.6 Å². The molecule has 2 N–H and O–H groups in total. The molecular formula is C12H15ClN2O. The highest BCUT2D eigenvalue weighted by molar-refractivity contribution is 6.33. The van der Waals surface area contributed by atoms with E-state index in [2.05, 4.69) is 0 Å². The Hall–Kier alpha value is -1.22. The van der Waals surface area contributed by atoms with Gasteiger partial charge < -0.3 is 10.6 Å². The average molecular weight is 239 g/mol. The molecule has 2 rings (SSSR count). The summed E-state index contributed by atoms with van der Waals surface area (Å²) in [6.07, 6.45) is 3.40. The summed E-state index contributed by atoms with van der Waals surface area (Å²) in [6.45, 7) is 1.70. The molecule has 0 aliphatic carbocycles.